The second-order valence-corrected chi connectivity index (χ2v) is 7.04. The van der Waals surface area contributed by atoms with Crippen molar-refractivity contribution in [2.45, 2.75) is 6.54 Å². The van der Waals surface area contributed by atoms with Crippen LogP contribution in [0.4, 0.5) is 5.69 Å². The van der Waals surface area contributed by atoms with Crippen molar-refractivity contribution < 1.29 is 14.2 Å². The summed E-state index contributed by atoms with van der Waals surface area (Å²) in [5.41, 5.74) is 3.71. The van der Waals surface area contributed by atoms with E-state index in [9.17, 15) is 0 Å². The van der Waals surface area contributed by atoms with Crippen LogP contribution in [0.5, 0.6) is 17.2 Å². The number of fused-ring (bicyclic) bond motifs is 2. The zero-order chi connectivity index (χ0) is 20.4. The highest BCUT2D eigenvalue weighted by atomic mass is 35.5. The number of ether oxygens (including phenoxy) is 3. The Bertz CT molecular complexity index is 1170. The molecular weight excluding hydrogens is 388 g/mol. The van der Waals surface area contributed by atoms with E-state index in [1.807, 2.05) is 54.6 Å². The average Bonchev–Trinajstić information content (AvgIpc) is 2.75. The molecule has 0 spiro atoms. The molecule has 1 N–H and O–H groups in total. The van der Waals surface area contributed by atoms with Gasteiger partial charge in [-0.2, -0.15) is 0 Å². The molecule has 0 saturated carbocycles. The molecule has 1 heterocycles. The maximum absolute atomic E-state index is 6.20. The highest BCUT2D eigenvalue weighted by molar-refractivity contribution is 6.31. The summed E-state index contributed by atoms with van der Waals surface area (Å²) in [6.07, 6.45) is 0. The Kier molecular flexibility index (Phi) is 5.32. The minimum Gasteiger partial charge on any atom is -0.497 e. The summed E-state index contributed by atoms with van der Waals surface area (Å²) < 4.78 is 16.2. The van der Waals surface area contributed by atoms with Gasteiger partial charge in [-0.3, -0.25) is 0 Å². The quantitative estimate of drug-likeness (QED) is 0.416. The lowest BCUT2D eigenvalue weighted by molar-refractivity contribution is 0.393. The van der Waals surface area contributed by atoms with Gasteiger partial charge in [0.2, 0.25) is 0 Å². The first-order valence-electron chi connectivity index (χ1n) is 9.14. The number of hydrogen-bond acceptors (Lipinski definition) is 5. The third-order valence-corrected chi connectivity index (χ3v) is 5.06. The van der Waals surface area contributed by atoms with E-state index < -0.39 is 0 Å². The first-order chi connectivity index (χ1) is 14.1. The highest BCUT2D eigenvalue weighted by Crippen LogP contribution is 2.35. The van der Waals surface area contributed by atoms with Gasteiger partial charge in [0.1, 0.15) is 17.2 Å². The number of methoxy groups -OCH3 is 3. The van der Waals surface area contributed by atoms with Gasteiger partial charge in [0.25, 0.3) is 0 Å². The molecule has 0 fully saturated rings. The Balaban J connectivity index is 1.82. The number of nitrogens with zero attached hydrogens (tertiary/aromatic N) is 1. The summed E-state index contributed by atoms with van der Waals surface area (Å²) >= 11 is 6.20. The fraction of sp³-hybridized carbons (Fsp3) is 0.174. The first kappa shape index (κ1) is 19.2. The van der Waals surface area contributed by atoms with Crippen LogP contribution < -0.4 is 19.5 Å². The van der Waals surface area contributed by atoms with E-state index in [4.69, 9.17) is 30.8 Å². The number of rotatable bonds is 6. The number of nitrogens with one attached hydrogen (secondary N) is 1. The maximum Gasteiger partial charge on any atom is 0.122 e. The molecule has 6 heteroatoms. The predicted molar refractivity (Wildman–Crippen MR) is 118 cm³/mol. The molecule has 0 aliphatic rings. The normalized spacial score (nSPS) is 10.9. The number of aromatic nitrogens is 1. The topological polar surface area (TPSA) is 52.6 Å². The number of anilines is 1. The van der Waals surface area contributed by atoms with Crippen LogP contribution >= 0.6 is 11.6 Å². The lowest BCUT2D eigenvalue weighted by atomic mass is 10.1. The predicted octanol–water partition coefficient (Wildman–Crippen LogP) is 5.68. The Morgan fingerprint density at radius 2 is 1.48 bits per heavy atom. The molecule has 0 bridgehead atoms. The summed E-state index contributed by atoms with van der Waals surface area (Å²) in [7, 11) is 4.95. The Morgan fingerprint density at radius 1 is 0.759 bits per heavy atom. The van der Waals surface area contributed by atoms with Gasteiger partial charge in [-0.15, -0.1) is 0 Å². The van der Waals surface area contributed by atoms with E-state index >= 15 is 0 Å². The van der Waals surface area contributed by atoms with Crippen molar-refractivity contribution in [3.8, 4) is 17.2 Å². The largest absolute Gasteiger partial charge is 0.497 e. The van der Waals surface area contributed by atoms with Gasteiger partial charge in [-0.25, -0.2) is 4.98 Å². The third-order valence-electron chi connectivity index (χ3n) is 4.82. The van der Waals surface area contributed by atoms with Crippen molar-refractivity contribution in [1.82, 2.24) is 4.98 Å². The zero-order valence-corrected chi connectivity index (χ0v) is 17.2. The summed E-state index contributed by atoms with van der Waals surface area (Å²) in [5.74, 6) is 2.27. The van der Waals surface area contributed by atoms with Crippen molar-refractivity contribution in [2.24, 2.45) is 0 Å². The Hall–Kier alpha value is -3.18. The summed E-state index contributed by atoms with van der Waals surface area (Å²) in [4.78, 5) is 4.76. The van der Waals surface area contributed by atoms with Crippen LogP contribution in [-0.2, 0) is 6.54 Å². The molecule has 0 radical (unpaired) electrons. The first-order valence-corrected chi connectivity index (χ1v) is 9.52. The lowest BCUT2D eigenvalue weighted by Crippen LogP contribution is -2.03. The molecule has 3 aromatic carbocycles. The lowest BCUT2D eigenvalue weighted by Gasteiger charge is -2.15. The number of pyridine rings is 1. The van der Waals surface area contributed by atoms with Crippen LogP contribution in [0, 0.1) is 0 Å². The number of benzene rings is 3. The van der Waals surface area contributed by atoms with Gasteiger partial charge in [0.05, 0.1) is 38.1 Å². The molecule has 0 amide bonds. The average molecular weight is 409 g/mol. The molecule has 29 heavy (non-hydrogen) atoms. The van der Waals surface area contributed by atoms with Crippen LogP contribution in [0.25, 0.3) is 21.8 Å². The number of halogens is 1. The molecule has 0 atom stereocenters. The van der Waals surface area contributed by atoms with Gasteiger partial charge in [0.15, 0.2) is 0 Å². The van der Waals surface area contributed by atoms with Crippen molar-refractivity contribution in [3.05, 3.63) is 65.2 Å². The van der Waals surface area contributed by atoms with Gasteiger partial charge >= 0.3 is 0 Å². The summed E-state index contributed by atoms with van der Waals surface area (Å²) in [6.45, 7) is 0.585. The van der Waals surface area contributed by atoms with Gasteiger partial charge in [-0.1, -0.05) is 11.6 Å². The maximum atomic E-state index is 6.20. The summed E-state index contributed by atoms with van der Waals surface area (Å²) in [6, 6.07) is 17.4. The minimum absolute atomic E-state index is 0.585. The standard InChI is InChI=1S/C23H21ClN2O3/c1-27-16-5-7-21-20(12-16)23(19-6-4-15(24)10-22(19)26-21)25-13-14-8-17(28-2)11-18(9-14)29-3/h4-12H,13H2,1-3H3,(H,25,26). The Morgan fingerprint density at radius 3 is 2.17 bits per heavy atom. The van der Waals surface area contributed by atoms with E-state index in [0.29, 0.717) is 11.6 Å². The van der Waals surface area contributed by atoms with Crippen molar-refractivity contribution in [2.75, 3.05) is 26.6 Å². The molecule has 5 nitrogen and oxygen atoms in total. The van der Waals surface area contributed by atoms with Gasteiger partial charge in [0, 0.05) is 28.4 Å². The van der Waals surface area contributed by atoms with Crippen LogP contribution in [0.3, 0.4) is 0 Å². The highest BCUT2D eigenvalue weighted by Gasteiger charge is 2.11. The third kappa shape index (κ3) is 3.87. The van der Waals surface area contributed by atoms with E-state index in [-0.39, 0.29) is 0 Å². The molecule has 1 aromatic heterocycles. The molecule has 0 saturated heterocycles. The van der Waals surface area contributed by atoms with Crippen molar-refractivity contribution >= 4 is 39.1 Å². The number of hydrogen-bond donors (Lipinski definition) is 1. The second-order valence-electron chi connectivity index (χ2n) is 6.61. The van der Waals surface area contributed by atoms with Gasteiger partial charge in [-0.05, 0) is 54.1 Å². The van der Waals surface area contributed by atoms with E-state index in [1.165, 1.54) is 0 Å². The van der Waals surface area contributed by atoms with Crippen molar-refractivity contribution in [3.63, 3.8) is 0 Å². The fourth-order valence-electron chi connectivity index (χ4n) is 3.37. The second kappa shape index (κ2) is 8.05. The summed E-state index contributed by atoms with van der Waals surface area (Å²) in [5, 5.41) is 6.20. The molecule has 0 aliphatic carbocycles. The molecule has 4 rings (SSSR count). The van der Waals surface area contributed by atoms with Crippen LogP contribution in [0.1, 0.15) is 5.56 Å². The van der Waals surface area contributed by atoms with Crippen LogP contribution in [-0.4, -0.2) is 26.3 Å². The minimum atomic E-state index is 0.585. The SMILES string of the molecule is COc1cc(CNc2c3ccc(Cl)cc3nc3ccc(OC)cc23)cc(OC)c1. The van der Waals surface area contributed by atoms with E-state index in [1.54, 1.807) is 21.3 Å². The van der Waals surface area contributed by atoms with E-state index in [2.05, 4.69) is 5.32 Å². The van der Waals surface area contributed by atoms with Gasteiger partial charge < -0.3 is 19.5 Å². The zero-order valence-electron chi connectivity index (χ0n) is 16.5. The monoisotopic (exact) mass is 408 g/mol. The molecule has 0 unspecified atom stereocenters. The van der Waals surface area contributed by atoms with Crippen LogP contribution in [0.2, 0.25) is 5.02 Å². The van der Waals surface area contributed by atoms with Crippen molar-refractivity contribution in [1.29, 1.82) is 0 Å². The molecular formula is C23H21ClN2O3. The molecule has 0 aliphatic heterocycles. The van der Waals surface area contributed by atoms with E-state index in [0.717, 1.165) is 50.3 Å². The Labute approximate surface area is 174 Å². The molecule has 148 valence electrons. The smallest absolute Gasteiger partial charge is 0.122 e. The fourth-order valence-corrected chi connectivity index (χ4v) is 3.54. The van der Waals surface area contributed by atoms with Crippen LogP contribution in [0.15, 0.2) is 54.6 Å². The molecule has 4 aromatic rings.